The van der Waals surface area contributed by atoms with Gasteiger partial charge in [-0.15, -0.1) is 0 Å². The third-order valence-electron chi connectivity index (χ3n) is 9.32. The lowest BCUT2D eigenvalue weighted by Gasteiger charge is -2.36. The molecule has 2 aromatic heterocycles. The summed E-state index contributed by atoms with van der Waals surface area (Å²) in [6.45, 7) is 4.48. The number of hydrogen-bond donors (Lipinski definition) is 3. The molecule has 3 heterocycles. The van der Waals surface area contributed by atoms with E-state index >= 15 is 8.78 Å². The monoisotopic (exact) mass is 748 g/mol. The van der Waals surface area contributed by atoms with Crippen LogP contribution in [0.2, 0.25) is 5.02 Å². The van der Waals surface area contributed by atoms with Crippen LogP contribution < -0.4 is 11.1 Å². The minimum absolute atomic E-state index is 0.0496. The molecule has 3 amide bonds. The molecule has 4 N–H and O–H groups in total. The molecular formula is C37H43ClF2N10O3. The topological polar surface area (TPSA) is 158 Å². The Kier molecular flexibility index (Phi) is 12.4. The van der Waals surface area contributed by atoms with Crippen molar-refractivity contribution in [3.63, 3.8) is 0 Å². The molecule has 0 radical (unpaired) electrons. The highest BCUT2D eigenvalue weighted by Crippen LogP contribution is 2.34. The van der Waals surface area contributed by atoms with Crippen molar-refractivity contribution in [1.29, 1.82) is 0 Å². The number of nitrogens with zero attached hydrogens (tertiary/aromatic N) is 7. The molecular weight excluding hydrogens is 706 g/mol. The number of piperazine rings is 1. The highest BCUT2D eigenvalue weighted by Gasteiger charge is 2.30. The number of hydrogen-bond acceptors (Lipinski definition) is 8. The summed E-state index contributed by atoms with van der Waals surface area (Å²) in [6.07, 6.45) is 6.93. The lowest BCUT2D eigenvalue weighted by Crippen LogP contribution is -2.52. The van der Waals surface area contributed by atoms with Crippen LogP contribution in [-0.4, -0.2) is 112 Å². The third-order valence-corrected chi connectivity index (χ3v) is 9.63. The molecule has 1 aliphatic heterocycles. The number of imidazole rings is 1. The number of nitrogens with two attached hydrogens (primary N) is 1. The first-order chi connectivity index (χ1) is 25.4. The summed E-state index contributed by atoms with van der Waals surface area (Å²) in [5.41, 5.74) is 7.35. The van der Waals surface area contributed by atoms with Gasteiger partial charge in [-0.2, -0.15) is 5.10 Å². The Bertz CT molecular complexity index is 2050. The molecule has 16 heteroatoms. The Morgan fingerprint density at radius 2 is 1.74 bits per heavy atom. The van der Waals surface area contributed by atoms with E-state index in [4.69, 9.17) is 17.3 Å². The smallest absolute Gasteiger partial charge is 0.291 e. The van der Waals surface area contributed by atoms with Crippen LogP contribution in [-0.2, 0) is 11.8 Å². The van der Waals surface area contributed by atoms with Gasteiger partial charge in [0.1, 0.15) is 0 Å². The molecule has 4 aromatic rings. The number of aliphatic imine (C=N–C) groups is 1. The molecule has 5 rings (SSSR count). The first-order valence-corrected chi connectivity index (χ1v) is 17.5. The second-order valence-corrected chi connectivity index (χ2v) is 13.4. The Labute approximate surface area is 311 Å². The number of anilines is 1. The summed E-state index contributed by atoms with van der Waals surface area (Å²) in [5.74, 6) is -3.18. The number of rotatable bonds is 12. The lowest BCUT2D eigenvalue weighted by molar-refractivity contribution is -0.137. The van der Waals surface area contributed by atoms with Gasteiger partial charge in [0.15, 0.2) is 17.5 Å². The minimum Gasteiger partial charge on any atom is -0.404 e. The van der Waals surface area contributed by atoms with Crippen molar-refractivity contribution in [3.05, 3.63) is 82.7 Å². The quantitative estimate of drug-likeness (QED) is 0.174. The molecule has 1 fully saturated rings. The fraction of sp³-hybridized carbons (Fsp3) is 0.351. The predicted octanol–water partition coefficient (Wildman–Crippen LogP) is 4.92. The van der Waals surface area contributed by atoms with Gasteiger partial charge < -0.3 is 30.3 Å². The number of nitrogens with one attached hydrogen (secondary N) is 2. The fourth-order valence-corrected chi connectivity index (χ4v) is 6.56. The summed E-state index contributed by atoms with van der Waals surface area (Å²) >= 11 is 6.53. The van der Waals surface area contributed by atoms with Crippen molar-refractivity contribution in [1.82, 2.24) is 34.4 Å². The maximum Gasteiger partial charge on any atom is 0.291 e. The van der Waals surface area contributed by atoms with Crippen LogP contribution in [0.25, 0.3) is 28.0 Å². The molecule has 0 bridgehead atoms. The van der Waals surface area contributed by atoms with E-state index in [0.717, 1.165) is 19.4 Å². The van der Waals surface area contributed by atoms with Crippen molar-refractivity contribution in [2.45, 2.75) is 19.8 Å². The van der Waals surface area contributed by atoms with Crippen molar-refractivity contribution >= 4 is 46.8 Å². The van der Waals surface area contributed by atoms with Gasteiger partial charge in [-0.25, -0.2) is 13.8 Å². The van der Waals surface area contributed by atoms with E-state index in [0.29, 0.717) is 43.1 Å². The third kappa shape index (κ3) is 8.31. The lowest BCUT2D eigenvalue weighted by atomic mass is 9.99. The number of H-pyrrole nitrogens is 1. The van der Waals surface area contributed by atoms with Gasteiger partial charge in [0.2, 0.25) is 5.91 Å². The first kappa shape index (κ1) is 38.8. The van der Waals surface area contributed by atoms with E-state index in [2.05, 4.69) is 30.4 Å². The van der Waals surface area contributed by atoms with Crippen LogP contribution in [0.15, 0.2) is 53.9 Å². The number of aromatic nitrogens is 4. The first-order valence-electron chi connectivity index (χ1n) is 17.1. The van der Waals surface area contributed by atoms with Crippen LogP contribution in [0.1, 0.15) is 46.4 Å². The van der Waals surface area contributed by atoms with E-state index in [1.54, 1.807) is 18.0 Å². The molecule has 0 saturated carbocycles. The van der Waals surface area contributed by atoms with Gasteiger partial charge in [0.05, 0.1) is 34.4 Å². The molecule has 53 heavy (non-hydrogen) atoms. The number of carbonyl (C=O) groups is 3. The van der Waals surface area contributed by atoms with Crippen LogP contribution in [0.4, 0.5) is 14.5 Å². The maximum atomic E-state index is 15.6. The van der Waals surface area contributed by atoms with Gasteiger partial charge >= 0.3 is 0 Å². The summed E-state index contributed by atoms with van der Waals surface area (Å²) in [7, 11) is 7.03. The van der Waals surface area contributed by atoms with Crippen molar-refractivity contribution in [2.24, 2.45) is 23.7 Å². The molecule has 280 valence electrons. The average Bonchev–Trinajstić information content (AvgIpc) is 3.78. The predicted molar refractivity (Wildman–Crippen MR) is 202 cm³/mol. The molecule has 0 spiro atoms. The highest BCUT2D eigenvalue weighted by atomic mass is 35.5. The molecule has 1 atom stereocenters. The maximum absolute atomic E-state index is 15.6. The molecule has 1 saturated heterocycles. The highest BCUT2D eigenvalue weighted by molar-refractivity contribution is 6.34. The van der Waals surface area contributed by atoms with Crippen LogP contribution in [0, 0.1) is 17.6 Å². The van der Waals surface area contributed by atoms with E-state index < -0.39 is 17.5 Å². The van der Waals surface area contributed by atoms with Crippen molar-refractivity contribution < 1.29 is 23.2 Å². The standard InChI is InChI=1S/C37H43ClF2N10O3/c1-6-22(11-12-47(3)4)36(52)49-13-15-50(16-14-49)37(53)26-8-7-24(17-29(26)38)45-35(51)34-43-21-30(48(34)5)27-10-9-25(31(39)32(27)40)28-20-44-46-33(28)23(18-41)19-42-2/h7-10,17-22H,6,11-16,41H2,1-5H3,(H,44,46)(H,45,51)/b23-18+,42-19?. The van der Waals surface area contributed by atoms with Gasteiger partial charge in [-0.1, -0.05) is 24.6 Å². The Morgan fingerprint density at radius 3 is 2.38 bits per heavy atom. The van der Waals surface area contributed by atoms with Gasteiger partial charge in [0.25, 0.3) is 11.8 Å². The molecule has 1 aliphatic rings. The summed E-state index contributed by atoms with van der Waals surface area (Å²) < 4.78 is 32.5. The van der Waals surface area contributed by atoms with Gasteiger partial charge in [-0.05, 0) is 57.7 Å². The largest absolute Gasteiger partial charge is 0.404 e. The van der Waals surface area contributed by atoms with E-state index in [9.17, 15) is 14.4 Å². The Morgan fingerprint density at radius 1 is 1.06 bits per heavy atom. The van der Waals surface area contributed by atoms with Crippen molar-refractivity contribution in [2.75, 3.05) is 59.2 Å². The zero-order valence-electron chi connectivity index (χ0n) is 30.3. The fourth-order valence-electron chi connectivity index (χ4n) is 6.29. The van der Waals surface area contributed by atoms with Crippen LogP contribution in [0.5, 0.6) is 0 Å². The molecule has 0 aliphatic carbocycles. The normalized spacial score (nSPS) is 14.3. The second kappa shape index (κ2) is 16.9. The summed E-state index contributed by atoms with van der Waals surface area (Å²) in [6, 6.07) is 7.34. The van der Waals surface area contributed by atoms with E-state index in [1.807, 2.05) is 25.9 Å². The number of allylic oxidation sites excluding steroid dienone is 1. The van der Waals surface area contributed by atoms with Crippen LogP contribution >= 0.6 is 11.6 Å². The molecule has 2 aromatic carbocycles. The van der Waals surface area contributed by atoms with E-state index in [1.165, 1.54) is 60.7 Å². The number of carbonyl (C=O) groups excluding carboxylic acids is 3. The zero-order valence-corrected chi connectivity index (χ0v) is 31.0. The Hall–Kier alpha value is -5.41. The number of aromatic amines is 1. The zero-order chi connectivity index (χ0) is 38.4. The number of benzene rings is 2. The van der Waals surface area contributed by atoms with Gasteiger partial charge in [-0.3, -0.25) is 24.5 Å². The van der Waals surface area contributed by atoms with E-state index in [-0.39, 0.29) is 56.5 Å². The average molecular weight is 749 g/mol. The summed E-state index contributed by atoms with van der Waals surface area (Å²) in [5, 5.41) is 9.55. The number of halogens is 3. The van der Waals surface area contributed by atoms with Gasteiger partial charge in [0, 0.05) is 86.6 Å². The number of amides is 3. The molecule has 13 nitrogen and oxygen atoms in total. The van der Waals surface area contributed by atoms with Crippen molar-refractivity contribution in [3.8, 4) is 22.4 Å². The van der Waals surface area contributed by atoms with Crippen LogP contribution in [0.3, 0.4) is 0 Å². The SMILES string of the molecule is CCC(CCN(C)C)C(=O)N1CCN(C(=O)c2ccc(NC(=O)c3ncc(-c4ccc(-c5cn[nH]c5/C(C=NC)=C/N)c(F)c4F)n3C)cc2Cl)CC1. The summed E-state index contributed by atoms with van der Waals surface area (Å²) in [4.78, 5) is 53.4. The molecule has 1 unspecified atom stereocenters. The second-order valence-electron chi connectivity index (χ2n) is 12.9. The minimum atomic E-state index is -1.14. The Balaban J connectivity index is 1.25.